The summed E-state index contributed by atoms with van der Waals surface area (Å²) in [7, 11) is -3.78. The number of benzene rings is 1. The zero-order valence-corrected chi connectivity index (χ0v) is 20.6. The maximum absolute atomic E-state index is 13.5. The highest BCUT2D eigenvalue weighted by Crippen LogP contribution is 2.36. The van der Waals surface area contributed by atoms with Crippen molar-refractivity contribution in [2.75, 3.05) is 32.8 Å². The van der Waals surface area contributed by atoms with Gasteiger partial charge in [-0.2, -0.15) is 9.29 Å². The van der Waals surface area contributed by atoms with Gasteiger partial charge in [0.1, 0.15) is 16.5 Å². The lowest BCUT2D eigenvalue weighted by Crippen LogP contribution is -2.44. The van der Waals surface area contributed by atoms with E-state index in [9.17, 15) is 13.2 Å². The number of ether oxygens (including phenoxy) is 1. The van der Waals surface area contributed by atoms with E-state index in [2.05, 4.69) is 20.5 Å². The molecular weight excluding hydrogens is 488 g/mol. The van der Waals surface area contributed by atoms with E-state index < -0.39 is 10.0 Å². The van der Waals surface area contributed by atoms with Gasteiger partial charge in [0.15, 0.2) is 11.3 Å². The van der Waals surface area contributed by atoms with Crippen molar-refractivity contribution < 1.29 is 27.1 Å². The molecule has 12 nitrogen and oxygen atoms in total. The van der Waals surface area contributed by atoms with Gasteiger partial charge in [0.05, 0.1) is 0 Å². The molecule has 5 heterocycles. The van der Waals surface area contributed by atoms with Crippen molar-refractivity contribution in [1.29, 1.82) is 0 Å². The van der Waals surface area contributed by atoms with Crippen LogP contribution in [0.1, 0.15) is 62.2 Å². The second kappa shape index (κ2) is 9.52. The molecule has 0 spiro atoms. The lowest BCUT2D eigenvalue weighted by atomic mass is 9.96. The van der Waals surface area contributed by atoms with Gasteiger partial charge in [-0.15, -0.1) is 0 Å². The largest absolute Gasteiger partial charge is 0.381 e. The van der Waals surface area contributed by atoms with Crippen LogP contribution in [0.25, 0.3) is 11.0 Å². The standard InChI is InChI=1S/C23H28N6O6S/c30-23(29-10-2-4-18(29)22-24-21(27-34-22)15-8-13-33-14-9-15)16-6-11-28(12-7-16)36(31,32)19-5-1-3-17-20(19)26-35-25-17/h1,3,5,15-16,18H,2,4,6-14H2. The second-order valence-corrected chi connectivity index (χ2v) is 11.5. The van der Waals surface area contributed by atoms with Crippen molar-refractivity contribution in [2.45, 2.75) is 55.4 Å². The quantitative estimate of drug-likeness (QED) is 0.495. The van der Waals surface area contributed by atoms with Crippen LogP contribution in [0.4, 0.5) is 0 Å². The average Bonchev–Trinajstić information content (AvgIpc) is 3.69. The molecule has 3 aliphatic heterocycles. The number of hydrogen-bond donors (Lipinski definition) is 0. The van der Waals surface area contributed by atoms with Crippen LogP contribution in [-0.4, -0.2) is 76.8 Å². The molecule has 0 radical (unpaired) electrons. The van der Waals surface area contributed by atoms with E-state index in [1.54, 1.807) is 12.1 Å². The summed E-state index contributed by atoms with van der Waals surface area (Å²) in [5, 5.41) is 11.7. The van der Waals surface area contributed by atoms with Crippen LogP contribution in [-0.2, 0) is 19.6 Å². The van der Waals surface area contributed by atoms with Gasteiger partial charge in [0.2, 0.25) is 21.8 Å². The number of likely N-dealkylation sites (tertiary alicyclic amines) is 1. The number of amides is 1. The van der Waals surface area contributed by atoms with E-state index in [4.69, 9.17) is 13.9 Å². The fourth-order valence-corrected chi connectivity index (χ4v) is 7.10. The summed E-state index contributed by atoms with van der Waals surface area (Å²) >= 11 is 0. The van der Waals surface area contributed by atoms with Gasteiger partial charge in [-0.25, -0.2) is 13.0 Å². The molecule has 3 saturated heterocycles. The van der Waals surface area contributed by atoms with Crippen molar-refractivity contribution >= 4 is 27.0 Å². The number of carbonyl (C=O) groups is 1. The molecule has 0 N–H and O–H groups in total. The third kappa shape index (κ3) is 4.18. The van der Waals surface area contributed by atoms with Gasteiger partial charge >= 0.3 is 0 Å². The molecule has 36 heavy (non-hydrogen) atoms. The Morgan fingerprint density at radius 1 is 0.972 bits per heavy atom. The molecule has 192 valence electrons. The van der Waals surface area contributed by atoms with Crippen molar-refractivity contribution in [3.8, 4) is 0 Å². The van der Waals surface area contributed by atoms with Crippen LogP contribution in [0.5, 0.6) is 0 Å². The lowest BCUT2D eigenvalue weighted by molar-refractivity contribution is -0.138. The van der Waals surface area contributed by atoms with Crippen molar-refractivity contribution in [3.63, 3.8) is 0 Å². The number of nitrogens with zero attached hydrogens (tertiary/aromatic N) is 6. The molecule has 0 saturated carbocycles. The third-order valence-corrected chi connectivity index (χ3v) is 9.47. The topological polar surface area (TPSA) is 145 Å². The zero-order valence-electron chi connectivity index (χ0n) is 19.8. The van der Waals surface area contributed by atoms with E-state index in [-0.39, 0.29) is 47.3 Å². The first-order valence-corrected chi connectivity index (χ1v) is 13.9. The molecule has 1 amide bonds. The summed E-state index contributed by atoms with van der Waals surface area (Å²) in [5.41, 5.74) is 0.609. The first kappa shape index (κ1) is 23.5. The normalized spacial score (nSPS) is 23.0. The SMILES string of the molecule is O=C(C1CCN(S(=O)(=O)c2cccc3nonc23)CC1)N1CCCC1c1nc(C2CCOCC2)no1. The number of carbonyl (C=O) groups excluding carboxylic acids is 1. The molecular formula is C23H28N6O6S. The number of hydrogen-bond acceptors (Lipinski definition) is 10. The Bertz CT molecular complexity index is 1340. The van der Waals surface area contributed by atoms with Gasteiger partial charge in [-0.1, -0.05) is 11.2 Å². The van der Waals surface area contributed by atoms with Crippen molar-refractivity contribution in [1.82, 2.24) is 29.7 Å². The summed E-state index contributed by atoms with van der Waals surface area (Å²) in [5.74, 6) is 1.20. The average molecular weight is 517 g/mol. The van der Waals surface area contributed by atoms with E-state index in [1.807, 2.05) is 4.90 Å². The first-order valence-electron chi connectivity index (χ1n) is 12.5. The minimum atomic E-state index is -3.78. The molecule has 1 atom stereocenters. The second-order valence-electron chi connectivity index (χ2n) is 9.63. The Hall–Kier alpha value is -2.90. The van der Waals surface area contributed by atoms with Crippen LogP contribution >= 0.6 is 0 Å². The highest BCUT2D eigenvalue weighted by Gasteiger charge is 2.40. The molecule has 1 unspecified atom stereocenters. The predicted molar refractivity (Wildman–Crippen MR) is 124 cm³/mol. The molecule has 3 aromatic rings. The fourth-order valence-electron chi connectivity index (χ4n) is 5.50. The Labute approximate surface area is 208 Å². The summed E-state index contributed by atoms with van der Waals surface area (Å²) in [6.45, 7) is 2.54. The Morgan fingerprint density at radius 3 is 2.58 bits per heavy atom. The number of aromatic nitrogens is 4. The summed E-state index contributed by atoms with van der Waals surface area (Å²) in [6.07, 6.45) is 4.29. The molecule has 0 aliphatic carbocycles. The minimum absolute atomic E-state index is 0.0307. The van der Waals surface area contributed by atoms with Crippen LogP contribution < -0.4 is 0 Å². The van der Waals surface area contributed by atoms with Crippen LogP contribution in [0, 0.1) is 5.92 Å². The number of piperidine rings is 1. The summed E-state index contributed by atoms with van der Waals surface area (Å²) < 4.78 is 43.7. The maximum Gasteiger partial charge on any atom is 0.249 e. The van der Waals surface area contributed by atoms with E-state index in [0.717, 1.165) is 25.7 Å². The summed E-state index contributed by atoms with van der Waals surface area (Å²) in [4.78, 5) is 20.1. The molecule has 13 heteroatoms. The van der Waals surface area contributed by atoms with E-state index in [0.29, 0.717) is 49.8 Å². The number of rotatable bonds is 5. The number of fused-ring (bicyclic) bond motifs is 1. The fraction of sp³-hybridized carbons (Fsp3) is 0.609. The first-order chi connectivity index (χ1) is 17.5. The molecule has 2 aromatic heterocycles. The molecule has 6 rings (SSSR count). The molecule has 1 aromatic carbocycles. The monoisotopic (exact) mass is 516 g/mol. The Balaban J connectivity index is 1.12. The van der Waals surface area contributed by atoms with E-state index in [1.165, 1.54) is 10.4 Å². The van der Waals surface area contributed by atoms with Crippen LogP contribution in [0.2, 0.25) is 0 Å². The Morgan fingerprint density at radius 2 is 1.78 bits per heavy atom. The maximum atomic E-state index is 13.5. The van der Waals surface area contributed by atoms with Crippen molar-refractivity contribution in [2.24, 2.45) is 5.92 Å². The minimum Gasteiger partial charge on any atom is -0.381 e. The van der Waals surface area contributed by atoms with Crippen molar-refractivity contribution in [3.05, 3.63) is 29.9 Å². The highest BCUT2D eigenvalue weighted by molar-refractivity contribution is 7.89. The lowest BCUT2D eigenvalue weighted by Gasteiger charge is -2.33. The van der Waals surface area contributed by atoms with Gasteiger partial charge in [-0.3, -0.25) is 4.79 Å². The molecule has 3 fully saturated rings. The van der Waals surface area contributed by atoms with Gasteiger partial charge in [-0.05, 0) is 61.0 Å². The number of sulfonamides is 1. The van der Waals surface area contributed by atoms with Crippen LogP contribution in [0.15, 0.2) is 32.2 Å². The molecule has 3 aliphatic rings. The zero-order chi connectivity index (χ0) is 24.7. The van der Waals surface area contributed by atoms with Gasteiger partial charge in [0.25, 0.3) is 0 Å². The smallest absolute Gasteiger partial charge is 0.249 e. The molecule has 0 bridgehead atoms. The summed E-state index contributed by atoms with van der Waals surface area (Å²) in [6, 6.07) is 4.55. The van der Waals surface area contributed by atoms with E-state index >= 15 is 0 Å². The van der Waals surface area contributed by atoms with Gasteiger partial charge in [0, 0.05) is 44.7 Å². The predicted octanol–water partition coefficient (Wildman–Crippen LogP) is 2.26. The van der Waals surface area contributed by atoms with Crippen LogP contribution in [0.3, 0.4) is 0 Å². The Kier molecular flexibility index (Phi) is 6.21. The highest BCUT2D eigenvalue weighted by atomic mass is 32.2. The third-order valence-electron chi connectivity index (χ3n) is 7.53. The van der Waals surface area contributed by atoms with Gasteiger partial charge < -0.3 is 14.2 Å².